The number of hydrogen-bond acceptors (Lipinski definition) is 4. The molecule has 6 nitrogen and oxygen atoms in total. The van der Waals surface area contributed by atoms with Gasteiger partial charge in [-0.3, -0.25) is 4.68 Å². The van der Waals surface area contributed by atoms with E-state index in [-0.39, 0.29) is 17.4 Å². The lowest BCUT2D eigenvalue weighted by molar-refractivity contribution is 0.254. The van der Waals surface area contributed by atoms with Crippen LogP contribution in [0.2, 0.25) is 0 Å². The number of hydrogen-bond donors (Lipinski definition) is 2. The quantitative estimate of drug-likeness (QED) is 0.729. The predicted molar refractivity (Wildman–Crippen MR) is 63.9 cm³/mol. The highest BCUT2D eigenvalue weighted by Crippen LogP contribution is 2.10. The molecule has 0 saturated heterocycles. The van der Waals surface area contributed by atoms with Crippen molar-refractivity contribution < 1.29 is 13.5 Å². The van der Waals surface area contributed by atoms with Gasteiger partial charge in [0.1, 0.15) is 4.90 Å². The largest absolute Gasteiger partial charge is 0.396 e. The summed E-state index contributed by atoms with van der Waals surface area (Å²) in [5.74, 6) is 0.159. The van der Waals surface area contributed by atoms with Gasteiger partial charge in [-0.1, -0.05) is 13.3 Å². The van der Waals surface area contributed by atoms with E-state index in [0.29, 0.717) is 13.0 Å². The van der Waals surface area contributed by atoms with Crippen molar-refractivity contribution in [3.63, 3.8) is 0 Å². The summed E-state index contributed by atoms with van der Waals surface area (Å²) < 4.78 is 27.7. The molecule has 1 heterocycles. The van der Waals surface area contributed by atoms with Crippen LogP contribution in [0, 0.1) is 5.92 Å². The Morgan fingerprint density at radius 2 is 2.29 bits per heavy atom. The maximum Gasteiger partial charge on any atom is 0.243 e. The first-order valence-electron chi connectivity index (χ1n) is 5.58. The van der Waals surface area contributed by atoms with Crippen molar-refractivity contribution >= 4 is 10.0 Å². The van der Waals surface area contributed by atoms with Gasteiger partial charge in [0.05, 0.1) is 6.20 Å². The Balaban J connectivity index is 2.61. The molecule has 0 spiro atoms. The van der Waals surface area contributed by atoms with Crippen LogP contribution in [0.4, 0.5) is 0 Å². The van der Waals surface area contributed by atoms with E-state index in [0.717, 1.165) is 6.42 Å². The molecule has 0 amide bonds. The molecule has 7 heteroatoms. The molecule has 0 aliphatic rings. The van der Waals surface area contributed by atoms with Crippen LogP contribution in [0.3, 0.4) is 0 Å². The molecular formula is C10H19N3O3S. The van der Waals surface area contributed by atoms with Crippen LogP contribution >= 0.6 is 0 Å². The van der Waals surface area contributed by atoms with Gasteiger partial charge in [-0.2, -0.15) is 5.10 Å². The second-order valence-corrected chi connectivity index (χ2v) is 5.76. The zero-order chi connectivity index (χ0) is 12.9. The van der Waals surface area contributed by atoms with E-state index in [1.807, 2.05) is 6.92 Å². The van der Waals surface area contributed by atoms with Crippen LogP contribution in [0.5, 0.6) is 0 Å². The lowest BCUT2D eigenvalue weighted by Gasteiger charge is -2.13. The highest BCUT2D eigenvalue weighted by molar-refractivity contribution is 7.89. The standard InChI is InChI=1S/C10H19N3O3S/c1-3-9(4-5-14)6-12-17(15,16)10-7-11-13(2)8-10/h7-9,12,14H,3-6H2,1-2H3. The number of aliphatic hydroxyl groups is 1. The minimum Gasteiger partial charge on any atom is -0.396 e. The van der Waals surface area contributed by atoms with Crippen LogP contribution in [0.1, 0.15) is 19.8 Å². The van der Waals surface area contributed by atoms with Gasteiger partial charge in [0, 0.05) is 26.4 Å². The van der Waals surface area contributed by atoms with Gasteiger partial charge in [-0.05, 0) is 12.3 Å². The van der Waals surface area contributed by atoms with E-state index in [2.05, 4.69) is 9.82 Å². The Morgan fingerprint density at radius 3 is 2.76 bits per heavy atom. The summed E-state index contributed by atoms with van der Waals surface area (Å²) in [4.78, 5) is 0.166. The first-order valence-corrected chi connectivity index (χ1v) is 7.07. The van der Waals surface area contributed by atoms with Crippen LogP contribution in [-0.2, 0) is 17.1 Å². The van der Waals surface area contributed by atoms with Crippen molar-refractivity contribution in [3.05, 3.63) is 12.4 Å². The number of nitrogens with zero attached hydrogens (tertiary/aromatic N) is 2. The summed E-state index contributed by atoms with van der Waals surface area (Å²) in [5, 5.41) is 12.7. The normalized spacial score (nSPS) is 13.8. The van der Waals surface area contributed by atoms with Gasteiger partial charge in [-0.25, -0.2) is 13.1 Å². The van der Waals surface area contributed by atoms with E-state index < -0.39 is 10.0 Å². The SMILES string of the molecule is CCC(CCO)CNS(=O)(=O)c1cnn(C)c1. The lowest BCUT2D eigenvalue weighted by Crippen LogP contribution is -2.29. The Kier molecular flexibility index (Phi) is 5.10. The Morgan fingerprint density at radius 1 is 1.59 bits per heavy atom. The summed E-state index contributed by atoms with van der Waals surface area (Å²) in [6.07, 6.45) is 4.20. The second-order valence-electron chi connectivity index (χ2n) is 3.99. The van der Waals surface area contributed by atoms with Crippen molar-refractivity contribution in [3.8, 4) is 0 Å². The van der Waals surface area contributed by atoms with E-state index in [1.165, 1.54) is 17.1 Å². The molecule has 0 aromatic carbocycles. The first-order chi connectivity index (χ1) is 7.99. The highest BCUT2D eigenvalue weighted by atomic mass is 32.2. The van der Waals surface area contributed by atoms with Crippen molar-refractivity contribution in [2.24, 2.45) is 13.0 Å². The molecule has 0 saturated carbocycles. The van der Waals surface area contributed by atoms with Crippen LogP contribution in [0.25, 0.3) is 0 Å². The average Bonchev–Trinajstić information content (AvgIpc) is 2.72. The molecule has 0 fully saturated rings. The maximum absolute atomic E-state index is 11.8. The lowest BCUT2D eigenvalue weighted by atomic mass is 10.0. The smallest absolute Gasteiger partial charge is 0.243 e. The number of aromatic nitrogens is 2. The third kappa shape index (κ3) is 4.10. The van der Waals surface area contributed by atoms with Gasteiger partial charge >= 0.3 is 0 Å². The van der Waals surface area contributed by atoms with E-state index in [9.17, 15) is 8.42 Å². The number of sulfonamides is 1. The van der Waals surface area contributed by atoms with Gasteiger partial charge in [0.25, 0.3) is 0 Å². The fourth-order valence-corrected chi connectivity index (χ4v) is 2.58. The Labute approximate surface area is 102 Å². The molecule has 1 unspecified atom stereocenters. The van der Waals surface area contributed by atoms with Crippen LogP contribution < -0.4 is 4.72 Å². The van der Waals surface area contributed by atoms with Crippen LogP contribution in [-0.4, -0.2) is 36.5 Å². The summed E-state index contributed by atoms with van der Waals surface area (Å²) in [6.45, 7) is 2.39. The van der Waals surface area contributed by atoms with Crippen LogP contribution in [0.15, 0.2) is 17.3 Å². The van der Waals surface area contributed by atoms with Gasteiger partial charge < -0.3 is 5.11 Å². The van der Waals surface area contributed by atoms with E-state index in [4.69, 9.17) is 5.11 Å². The molecule has 0 radical (unpaired) electrons. The van der Waals surface area contributed by atoms with Gasteiger partial charge in [0.15, 0.2) is 0 Å². The fourth-order valence-electron chi connectivity index (χ4n) is 1.48. The Hall–Kier alpha value is -0.920. The molecule has 1 rings (SSSR count). The van der Waals surface area contributed by atoms with Crippen molar-refractivity contribution in [2.45, 2.75) is 24.7 Å². The first kappa shape index (κ1) is 14.1. The summed E-state index contributed by atoms with van der Waals surface area (Å²) in [7, 11) is -1.81. The zero-order valence-electron chi connectivity index (χ0n) is 10.1. The molecule has 98 valence electrons. The molecule has 2 N–H and O–H groups in total. The third-order valence-electron chi connectivity index (χ3n) is 2.67. The maximum atomic E-state index is 11.8. The fraction of sp³-hybridized carbons (Fsp3) is 0.700. The monoisotopic (exact) mass is 261 g/mol. The molecule has 0 aliphatic carbocycles. The van der Waals surface area contributed by atoms with Crippen molar-refractivity contribution in [1.29, 1.82) is 0 Å². The third-order valence-corrected chi connectivity index (χ3v) is 4.05. The highest BCUT2D eigenvalue weighted by Gasteiger charge is 2.17. The van der Waals surface area contributed by atoms with Gasteiger partial charge in [0.2, 0.25) is 10.0 Å². The van der Waals surface area contributed by atoms with Gasteiger partial charge in [-0.15, -0.1) is 0 Å². The molecule has 1 aromatic heterocycles. The molecule has 1 aromatic rings. The second kappa shape index (κ2) is 6.13. The molecular weight excluding hydrogens is 242 g/mol. The minimum absolute atomic E-state index is 0.0765. The van der Waals surface area contributed by atoms with E-state index in [1.54, 1.807) is 7.05 Å². The predicted octanol–water partition coefficient (Wildman–Crippen LogP) is 0.107. The van der Waals surface area contributed by atoms with Crippen molar-refractivity contribution in [2.75, 3.05) is 13.2 Å². The summed E-state index contributed by atoms with van der Waals surface area (Å²) in [5.41, 5.74) is 0. The Bertz CT molecular complexity index is 441. The molecule has 0 bridgehead atoms. The number of aryl methyl sites for hydroxylation is 1. The number of rotatable bonds is 7. The summed E-state index contributed by atoms with van der Waals surface area (Å²) >= 11 is 0. The number of aliphatic hydroxyl groups excluding tert-OH is 1. The van der Waals surface area contributed by atoms with Crippen molar-refractivity contribution in [1.82, 2.24) is 14.5 Å². The molecule has 0 aliphatic heterocycles. The number of nitrogens with one attached hydrogen (secondary N) is 1. The topological polar surface area (TPSA) is 84.2 Å². The molecule has 17 heavy (non-hydrogen) atoms. The van der Waals surface area contributed by atoms with E-state index >= 15 is 0 Å². The summed E-state index contributed by atoms with van der Waals surface area (Å²) in [6, 6.07) is 0. The zero-order valence-corrected chi connectivity index (χ0v) is 10.9. The average molecular weight is 261 g/mol. The molecule has 1 atom stereocenters. The minimum atomic E-state index is -3.48.